The quantitative estimate of drug-likeness (QED) is 0.557. The molecule has 0 fully saturated rings. The second-order valence-corrected chi connectivity index (χ2v) is 5.86. The number of unbranched alkanes of at least 4 members (excludes halogenated alkanes) is 2. The summed E-state index contributed by atoms with van der Waals surface area (Å²) in [6, 6.07) is 0. The Kier molecular flexibility index (Phi) is 4.28. The van der Waals surface area contributed by atoms with Crippen LogP contribution in [0.3, 0.4) is 0 Å². The van der Waals surface area contributed by atoms with Gasteiger partial charge in [-0.2, -0.15) is 0 Å². The standard InChI is InChI=1S/C14H20N8O2/c1-19-9-15-12-11(19)13(23)22(14(24)20(12)2)8-6-4-5-7-10-16-17-18-21(10)3/h9H,4-8H2,1-3H3. The summed E-state index contributed by atoms with van der Waals surface area (Å²) in [6.45, 7) is 0.393. The molecule has 3 rings (SSSR count). The highest BCUT2D eigenvalue weighted by molar-refractivity contribution is 5.69. The van der Waals surface area contributed by atoms with Crippen LogP contribution in [0.1, 0.15) is 25.1 Å². The highest BCUT2D eigenvalue weighted by Gasteiger charge is 2.14. The third kappa shape index (κ3) is 2.74. The summed E-state index contributed by atoms with van der Waals surface area (Å²) in [5, 5.41) is 11.3. The Bertz CT molecular complexity index is 977. The van der Waals surface area contributed by atoms with Crippen molar-refractivity contribution in [1.82, 2.24) is 38.9 Å². The lowest BCUT2D eigenvalue weighted by molar-refractivity contribution is 0.534. The molecule has 0 aromatic carbocycles. The number of rotatable bonds is 6. The van der Waals surface area contributed by atoms with Gasteiger partial charge in [0.2, 0.25) is 0 Å². The van der Waals surface area contributed by atoms with Crippen LogP contribution in [-0.4, -0.2) is 38.9 Å². The summed E-state index contributed by atoms with van der Waals surface area (Å²) >= 11 is 0. The van der Waals surface area contributed by atoms with E-state index >= 15 is 0 Å². The van der Waals surface area contributed by atoms with Crippen molar-refractivity contribution in [3.05, 3.63) is 33.0 Å². The van der Waals surface area contributed by atoms with Crippen molar-refractivity contribution in [2.24, 2.45) is 21.1 Å². The molecule has 0 amide bonds. The lowest BCUT2D eigenvalue weighted by Crippen LogP contribution is -2.39. The van der Waals surface area contributed by atoms with Gasteiger partial charge in [-0.25, -0.2) is 14.5 Å². The lowest BCUT2D eigenvalue weighted by Gasteiger charge is -2.08. The molecule has 10 nitrogen and oxygen atoms in total. The zero-order valence-corrected chi connectivity index (χ0v) is 14.0. The van der Waals surface area contributed by atoms with Crippen LogP contribution >= 0.6 is 0 Å². The van der Waals surface area contributed by atoms with E-state index in [0.717, 1.165) is 31.5 Å². The Balaban J connectivity index is 1.69. The average Bonchev–Trinajstić information content (AvgIpc) is 3.14. The lowest BCUT2D eigenvalue weighted by atomic mass is 10.2. The second-order valence-electron chi connectivity index (χ2n) is 5.86. The molecule has 0 saturated heterocycles. The SMILES string of the molecule is Cn1nnnc1CCCCCn1c(=O)c2c(ncn2C)n(C)c1=O. The highest BCUT2D eigenvalue weighted by atomic mass is 16.2. The number of imidazole rings is 1. The molecule has 0 bridgehead atoms. The first-order chi connectivity index (χ1) is 11.5. The fourth-order valence-corrected chi connectivity index (χ4v) is 2.78. The van der Waals surface area contributed by atoms with Gasteiger partial charge in [0.1, 0.15) is 0 Å². The Morgan fingerprint density at radius 3 is 2.58 bits per heavy atom. The van der Waals surface area contributed by atoms with E-state index in [1.54, 1.807) is 29.7 Å². The van der Waals surface area contributed by atoms with Crippen LogP contribution in [0.4, 0.5) is 0 Å². The third-order valence-corrected chi connectivity index (χ3v) is 4.19. The normalized spacial score (nSPS) is 11.5. The Morgan fingerprint density at radius 2 is 1.88 bits per heavy atom. The van der Waals surface area contributed by atoms with Crippen LogP contribution < -0.4 is 11.2 Å². The van der Waals surface area contributed by atoms with Gasteiger partial charge in [-0.15, -0.1) is 5.10 Å². The first-order valence-electron chi connectivity index (χ1n) is 7.82. The summed E-state index contributed by atoms with van der Waals surface area (Å²) in [7, 11) is 5.19. The second kappa shape index (κ2) is 6.38. The maximum Gasteiger partial charge on any atom is 0.332 e. The molecule has 0 spiro atoms. The zero-order chi connectivity index (χ0) is 17.3. The number of aryl methyl sites for hydroxylation is 4. The molecule has 24 heavy (non-hydrogen) atoms. The van der Waals surface area contributed by atoms with E-state index in [4.69, 9.17) is 0 Å². The number of hydrogen-bond donors (Lipinski definition) is 0. The molecule has 0 aliphatic heterocycles. The minimum Gasteiger partial charge on any atom is -0.328 e. The van der Waals surface area contributed by atoms with Crippen LogP contribution in [0.5, 0.6) is 0 Å². The molecule has 3 aromatic heterocycles. The van der Waals surface area contributed by atoms with Crippen molar-refractivity contribution in [3.63, 3.8) is 0 Å². The topological polar surface area (TPSA) is 105 Å². The molecule has 10 heteroatoms. The summed E-state index contributed by atoms with van der Waals surface area (Å²) < 4.78 is 6.00. The fourth-order valence-electron chi connectivity index (χ4n) is 2.78. The summed E-state index contributed by atoms with van der Waals surface area (Å²) in [4.78, 5) is 29.0. The van der Waals surface area contributed by atoms with Crippen molar-refractivity contribution in [1.29, 1.82) is 0 Å². The fraction of sp³-hybridized carbons (Fsp3) is 0.571. The smallest absolute Gasteiger partial charge is 0.328 e. The van der Waals surface area contributed by atoms with Crippen LogP contribution in [-0.2, 0) is 34.1 Å². The minimum atomic E-state index is -0.330. The van der Waals surface area contributed by atoms with Gasteiger partial charge in [-0.3, -0.25) is 13.9 Å². The zero-order valence-electron chi connectivity index (χ0n) is 14.0. The number of tetrazole rings is 1. The van der Waals surface area contributed by atoms with E-state index in [0.29, 0.717) is 17.7 Å². The van der Waals surface area contributed by atoms with E-state index in [2.05, 4.69) is 20.5 Å². The average molecular weight is 332 g/mol. The number of hydrogen-bond acceptors (Lipinski definition) is 6. The molecule has 3 aromatic rings. The molecule has 0 aliphatic rings. The van der Waals surface area contributed by atoms with Gasteiger partial charge in [0.05, 0.1) is 6.33 Å². The van der Waals surface area contributed by atoms with E-state index in [-0.39, 0.29) is 11.2 Å². The molecule has 128 valence electrons. The Hall–Kier alpha value is -2.78. The first-order valence-corrected chi connectivity index (χ1v) is 7.82. The van der Waals surface area contributed by atoms with Crippen LogP contribution in [0.15, 0.2) is 15.9 Å². The van der Waals surface area contributed by atoms with Gasteiger partial charge < -0.3 is 4.57 Å². The molecule has 0 unspecified atom stereocenters. The Labute approximate surface area is 137 Å². The third-order valence-electron chi connectivity index (χ3n) is 4.19. The van der Waals surface area contributed by atoms with Gasteiger partial charge in [0.25, 0.3) is 5.56 Å². The van der Waals surface area contributed by atoms with E-state index in [9.17, 15) is 9.59 Å². The molecule has 0 radical (unpaired) electrons. The summed E-state index contributed by atoms with van der Waals surface area (Å²) in [5.74, 6) is 0.833. The van der Waals surface area contributed by atoms with Gasteiger partial charge in [0, 0.05) is 34.1 Å². The van der Waals surface area contributed by atoms with E-state index < -0.39 is 0 Å². The highest BCUT2D eigenvalue weighted by Crippen LogP contribution is 2.05. The first kappa shape index (κ1) is 16.1. The van der Waals surface area contributed by atoms with Crippen molar-refractivity contribution in [3.8, 4) is 0 Å². The largest absolute Gasteiger partial charge is 0.332 e. The monoisotopic (exact) mass is 332 g/mol. The Morgan fingerprint density at radius 1 is 1.08 bits per heavy atom. The predicted octanol–water partition coefficient (Wildman–Crippen LogP) is -0.630. The van der Waals surface area contributed by atoms with Gasteiger partial charge in [-0.05, 0) is 23.3 Å². The van der Waals surface area contributed by atoms with Crippen molar-refractivity contribution in [2.75, 3.05) is 0 Å². The van der Waals surface area contributed by atoms with Gasteiger partial charge in [0.15, 0.2) is 17.0 Å². The van der Waals surface area contributed by atoms with Gasteiger partial charge in [-0.1, -0.05) is 6.42 Å². The molecule has 3 heterocycles. The van der Waals surface area contributed by atoms with Crippen molar-refractivity contribution < 1.29 is 0 Å². The molecular formula is C14H20N8O2. The number of nitrogens with zero attached hydrogens (tertiary/aromatic N) is 8. The molecule has 0 saturated carbocycles. The molecular weight excluding hydrogens is 312 g/mol. The number of fused-ring (bicyclic) bond motifs is 1. The van der Waals surface area contributed by atoms with Gasteiger partial charge >= 0.3 is 5.69 Å². The minimum absolute atomic E-state index is 0.286. The molecule has 0 N–H and O–H groups in total. The molecule has 0 aliphatic carbocycles. The summed E-state index contributed by atoms with van der Waals surface area (Å²) in [5.41, 5.74) is 0.245. The maximum atomic E-state index is 12.5. The summed E-state index contributed by atoms with van der Waals surface area (Å²) in [6.07, 6.45) is 4.84. The van der Waals surface area contributed by atoms with E-state index in [1.807, 2.05) is 7.05 Å². The maximum absolute atomic E-state index is 12.5. The van der Waals surface area contributed by atoms with Crippen molar-refractivity contribution >= 4 is 11.2 Å². The van der Waals surface area contributed by atoms with Crippen LogP contribution in [0, 0.1) is 0 Å². The van der Waals surface area contributed by atoms with Crippen molar-refractivity contribution in [2.45, 2.75) is 32.2 Å². The van der Waals surface area contributed by atoms with Crippen LogP contribution in [0.25, 0.3) is 11.2 Å². The number of aromatic nitrogens is 8. The molecule has 0 atom stereocenters. The van der Waals surface area contributed by atoms with E-state index in [1.165, 1.54) is 9.13 Å². The van der Waals surface area contributed by atoms with Crippen LogP contribution in [0.2, 0.25) is 0 Å². The predicted molar refractivity (Wildman–Crippen MR) is 86.6 cm³/mol.